The molecule has 11 aromatic rings. The summed E-state index contributed by atoms with van der Waals surface area (Å²) in [4.78, 5) is 15.0. The Morgan fingerprint density at radius 1 is 0.339 bits per heavy atom. The molecular formula is C51H31N3S2. The first-order valence-electron chi connectivity index (χ1n) is 21.2. The van der Waals surface area contributed by atoms with Crippen LogP contribution in [0.5, 0.6) is 0 Å². The van der Waals surface area contributed by atoms with E-state index in [-0.39, 0.29) is 64.0 Å². The maximum absolute atomic E-state index is 9.70. The molecule has 56 heavy (non-hydrogen) atoms. The van der Waals surface area contributed by atoms with Crippen molar-refractivity contribution in [2.24, 2.45) is 0 Å². The summed E-state index contributed by atoms with van der Waals surface area (Å²) < 4.78 is 59.4. The minimum atomic E-state index is -0.265. The van der Waals surface area contributed by atoms with Gasteiger partial charge in [-0.1, -0.05) is 152 Å². The van der Waals surface area contributed by atoms with E-state index < -0.39 is 0 Å². The second-order valence-electron chi connectivity index (χ2n) is 13.5. The predicted octanol–water partition coefficient (Wildman–Crippen LogP) is 14.6. The Labute approximate surface area is 340 Å². The van der Waals surface area contributed by atoms with Crippen molar-refractivity contribution < 1.29 is 8.22 Å². The highest BCUT2D eigenvalue weighted by atomic mass is 32.1. The SMILES string of the molecule is [2H]c1c(-c2cccc(-c3ccccc3)c2)c([2H])c2c(sc3c([2H])c(-c4nc(-c5ccc(-c6ccccc6)cc5)nc(-c5cccc6c5sc5ccccc56)n4)c([2H])c([2H])c32)c1[2H]. The van der Waals surface area contributed by atoms with Crippen LogP contribution in [0.4, 0.5) is 0 Å². The Morgan fingerprint density at radius 2 is 0.929 bits per heavy atom. The van der Waals surface area contributed by atoms with Gasteiger partial charge in [0, 0.05) is 57.0 Å². The molecule has 0 saturated carbocycles. The van der Waals surface area contributed by atoms with Gasteiger partial charge in [-0.15, -0.1) is 22.7 Å². The van der Waals surface area contributed by atoms with Crippen molar-refractivity contribution in [3.05, 3.63) is 188 Å². The second-order valence-corrected chi connectivity index (χ2v) is 15.6. The molecule has 5 heteroatoms. The molecule has 0 saturated heterocycles. The second kappa shape index (κ2) is 13.5. The van der Waals surface area contributed by atoms with Gasteiger partial charge in [-0.3, -0.25) is 0 Å². The molecule has 262 valence electrons. The third-order valence-corrected chi connectivity index (χ3v) is 12.3. The summed E-state index contributed by atoms with van der Waals surface area (Å²) in [6, 6.07) is 49.0. The Balaban J connectivity index is 1.13. The molecule has 0 N–H and O–H groups in total. The fourth-order valence-corrected chi connectivity index (χ4v) is 9.42. The molecule has 0 amide bonds. The minimum Gasteiger partial charge on any atom is -0.208 e. The van der Waals surface area contributed by atoms with Crippen LogP contribution in [0.3, 0.4) is 0 Å². The topological polar surface area (TPSA) is 38.7 Å². The van der Waals surface area contributed by atoms with E-state index in [1.807, 2.05) is 121 Å². The summed E-state index contributed by atoms with van der Waals surface area (Å²) in [6.45, 7) is 0. The summed E-state index contributed by atoms with van der Waals surface area (Å²) in [7, 11) is 0. The van der Waals surface area contributed by atoms with Crippen molar-refractivity contribution in [3.63, 3.8) is 0 Å². The number of benzene rings is 8. The van der Waals surface area contributed by atoms with Gasteiger partial charge in [0.15, 0.2) is 17.5 Å². The zero-order chi connectivity index (χ0) is 42.2. The molecule has 0 atom stereocenters. The lowest BCUT2D eigenvalue weighted by Gasteiger charge is -2.10. The van der Waals surface area contributed by atoms with E-state index >= 15 is 0 Å². The Morgan fingerprint density at radius 3 is 1.73 bits per heavy atom. The lowest BCUT2D eigenvalue weighted by Crippen LogP contribution is -2.00. The van der Waals surface area contributed by atoms with Crippen LogP contribution in [0, 0.1) is 0 Å². The average Bonchev–Trinajstić information content (AvgIpc) is 3.92. The summed E-state index contributed by atoms with van der Waals surface area (Å²) >= 11 is 2.74. The molecule has 0 bridgehead atoms. The van der Waals surface area contributed by atoms with Crippen LogP contribution in [0.1, 0.15) is 8.22 Å². The van der Waals surface area contributed by atoms with Crippen molar-refractivity contribution in [2.75, 3.05) is 0 Å². The number of fused-ring (bicyclic) bond motifs is 6. The quantitative estimate of drug-likeness (QED) is 0.170. The zero-order valence-electron chi connectivity index (χ0n) is 35.6. The van der Waals surface area contributed by atoms with Crippen molar-refractivity contribution in [1.82, 2.24) is 15.0 Å². The van der Waals surface area contributed by atoms with Gasteiger partial charge in [0.1, 0.15) is 0 Å². The zero-order valence-corrected chi connectivity index (χ0v) is 31.2. The predicted molar refractivity (Wildman–Crippen MR) is 238 cm³/mol. The standard InChI is InChI=1S/C51H31N3S2/c1-3-11-32(12-4-1)34-21-23-35(24-22-34)49-52-50(54-51(53-49)43-19-10-18-42-40-17-7-8-20-45(40)56-48(42)43)39-25-27-41-44-30-38(26-28-46(44)55-47(41)31-39)37-16-9-15-36(29-37)33-13-5-2-6-14-33/h1-31H/i25D,26D,27D,28D,30D,31D. The molecule has 0 aliphatic rings. The molecule has 0 radical (unpaired) electrons. The molecule has 8 aromatic carbocycles. The molecule has 0 aliphatic heterocycles. The number of rotatable bonds is 6. The summed E-state index contributed by atoms with van der Waals surface area (Å²) in [6.07, 6.45) is 0. The summed E-state index contributed by atoms with van der Waals surface area (Å²) in [5, 5.41) is 2.72. The molecule has 0 aliphatic carbocycles. The number of thiophene rings is 2. The van der Waals surface area contributed by atoms with E-state index in [0.29, 0.717) is 26.6 Å². The first kappa shape index (κ1) is 26.9. The number of hydrogen-bond donors (Lipinski definition) is 0. The Hall–Kier alpha value is -6.79. The molecule has 3 heterocycles. The Bertz CT molecular complexity index is 3590. The van der Waals surface area contributed by atoms with E-state index in [4.69, 9.17) is 16.3 Å². The Kier molecular flexibility index (Phi) is 6.48. The highest BCUT2D eigenvalue weighted by Gasteiger charge is 2.18. The van der Waals surface area contributed by atoms with Crippen LogP contribution in [0.2, 0.25) is 0 Å². The fraction of sp³-hybridized carbons (Fsp3) is 0. The van der Waals surface area contributed by atoms with Gasteiger partial charge in [-0.25, -0.2) is 15.0 Å². The van der Waals surface area contributed by atoms with E-state index in [0.717, 1.165) is 64.9 Å². The van der Waals surface area contributed by atoms with E-state index in [2.05, 4.69) is 30.3 Å². The largest absolute Gasteiger partial charge is 0.208 e. The molecule has 3 nitrogen and oxygen atoms in total. The van der Waals surface area contributed by atoms with Gasteiger partial charge < -0.3 is 0 Å². The van der Waals surface area contributed by atoms with Gasteiger partial charge in [-0.05, 0) is 69.7 Å². The summed E-state index contributed by atoms with van der Waals surface area (Å²) in [5.74, 6) is 0.807. The van der Waals surface area contributed by atoms with Crippen LogP contribution >= 0.6 is 22.7 Å². The molecule has 0 spiro atoms. The maximum atomic E-state index is 9.70. The fourth-order valence-electron chi connectivity index (χ4n) is 7.23. The number of hydrogen-bond acceptors (Lipinski definition) is 5. The van der Waals surface area contributed by atoms with Gasteiger partial charge in [-0.2, -0.15) is 0 Å². The summed E-state index contributed by atoms with van der Waals surface area (Å²) in [5.41, 5.74) is 6.41. The first-order valence-corrected chi connectivity index (χ1v) is 19.8. The van der Waals surface area contributed by atoms with Crippen LogP contribution in [0.25, 0.3) is 108 Å². The molecule has 11 rings (SSSR count). The smallest absolute Gasteiger partial charge is 0.165 e. The normalized spacial score (nSPS) is 13.1. The van der Waals surface area contributed by atoms with E-state index in [1.54, 1.807) is 11.3 Å². The van der Waals surface area contributed by atoms with Crippen LogP contribution in [0.15, 0.2) is 188 Å². The number of aromatic nitrogens is 3. The van der Waals surface area contributed by atoms with Gasteiger partial charge in [0.05, 0.1) is 8.22 Å². The van der Waals surface area contributed by atoms with Gasteiger partial charge >= 0.3 is 0 Å². The monoisotopic (exact) mass is 755 g/mol. The molecule has 0 fully saturated rings. The van der Waals surface area contributed by atoms with Gasteiger partial charge in [0.2, 0.25) is 0 Å². The van der Waals surface area contributed by atoms with Crippen LogP contribution in [-0.4, -0.2) is 15.0 Å². The van der Waals surface area contributed by atoms with E-state index in [9.17, 15) is 6.85 Å². The van der Waals surface area contributed by atoms with Crippen molar-refractivity contribution in [2.45, 2.75) is 0 Å². The first-order chi connectivity index (χ1) is 30.2. The highest BCUT2D eigenvalue weighted by Crippen LogP contribution is 2.41. The maximum Gasteiger partial charge on any atom is 0.165 e. The molecule has 3 aromatic heterocycles. The van der Waals surface area contributed by atoms with Crippen LogP contribution < -0.4 is 0 Å². The van der Waals surface area contributed by atoms with Crippen molar-refractivity contribution in [3.8, 4) is 67.5 Å². The molecule has 0 unspecified atom stereocenters. The lowest BCUT2D eigenvalue weighted by molar-refractivity contribution is 1.08. The van der Waals surface area contributed by atoms with Crippen molar-refractivity contribution in [1.29, 1.82) is 0 Å². The lowest BCUT2D eigenvalue weighted by atomic mass is 9.98. The van der Waals surface area contributed by atoms with E-state index in [1.165, 1.54) is 0 Å². The molecular weight excluding hydrogens is 719 g/mol. The number of nitrogens with zero attached hydrogens (tertiary/aromatic N) is 3. The van der Waals surface area contributed by atoms with Crippen LogP contribution in [-0.2, 0) is 0 Å². The third kappa shape index (κ3) is 5.77. The highest BCUT2D eigenvalue weighted by molar-refractivity contribution is 7.26. The minimum absolute atomic E-state index is 0.0161. The average molecular weight is 756 g/mol. The third-order valence-electron chi connectivity index (χ3n) is 10.0. The van der Waals surface area contributed by atoms with Gasteiger partial charge in [0.25, 0.3) is 0 Å². The van der Waals surface area contributed by atoms with Crippen molar-refractivity contribution >= 4 is 63.0 Å².